The van der Waals surface area contributed by atoms with Gasteiger partial charge in [-0.05, 0) is 50.0 Å². The monoisotopic (exact) mass is 270 g/mol. The molecule has 1 unspecified atom stereocenters. The van der Waals surface area contributed by atoms with Crippen molar-refractivity contribution in [3.05, 3.63) is 35.4 Å². The van der Waals surface area contributed by atoms with Gasteiger partial charge in [0, 0.05) is 18.7 Å². The molecule has 1 saturated heterocycles. The van der Waals surface area contributed by atoms with E-state index >= 15 is 0 Å². The van der Waals surface area contributed by atoms with Crippen molar-refractivity contribution in [1.29, 1.82) is 5.26 Å². The SMILES string of the molecule is CC1CCCCN1c1ccc(/C=C/C(=O)O)cc1C#N. The fourth-order valence-electron chi connectivity index (χ4n) is 2.62. The second-order valence-corrected chi connectivity index (χ2v) is 5.10. The molecule has 4 heteroatoms. The Hall–Kier alpha value is -2.28. The molecule has 20 heavy (non-hydrogen) atoms. The topological polar surface area (TPSA) is 64.3 Å². The Bertz CT molecular complexity index is 572. The van der Waals surface area contributed by atoms with E-state index in [9.17, 15) is 10.1 Å². The third-order valence-electron chi connectivity index (χ3n) is 3.67. The summed E-state index contributed by atoms with van der Waals surface area (Å²) in [6, 6.07) is 8.18. The molecule has 0 radical (unpaired) electrons. The van der Waals surface area contributed by atoms with Gasteiger partial charge in [0.1, 0.15) is 6.07 Å². The van der Waals surface area contributed by atoms with E-state index in [0.717, 1.165) is 36.7 Å². The maximum absolute atomic E-state index is 10.5. The third-order valence-corrected chi connectivity index (χ3v) is 3.67. The standard InChI is InChI=1S/C16H18N2O2/c1-12-4-2-3-9-18(12)15-7-5-13(6-8-16(19)20)10-14(15)11-17/h5-8,10,12H,2-4,9H2,1H3,(H,19,20)/b8-6+. The van der Waals surface area contributed by atoms with Crippen molar-refractivity contribution in [1.82, 2.24) is 0 Å². The van der Waals surface area contributed by atoms with Gasteiger partial charge in [0.2, 0.25) is 0 Å². The van der Waals surface area contributed by atoms with E-state index in [2.05, 4.69) is 17.9 Å². The first kappa shape index (κ1) is 14.1. The average molecular weight is 270 g/mol. The molecule has 1 atom stereocenters. The van der Waals surface area contributed by atoms with Crippen molar-refractivity contribution in [3.8, 4) is 6.07 Å². The van der Waals surface area contributed by atoms with E-state index < -0.39 is 5.97 Å². The van der Waals surface area contributed by atoms with Gasteiger partial charge in [-0.1, -0.05) is 6.07 Å². The third kappa shape index (κ3) is 3.18. The first-order valence-corrected chi connectivity index (χ1v) is 6.83. The molecular weight excluding hydrogens is 252 g/mol. The van der Waals surface area contributed by atoms with Crippen molar-refractivity contribution in [2.45, 2.75) is 32.2 Å². The van der Waals surface area contributed by atoms with Crippen LogP contribution < -0.4 is 4.90 Å². The molecular formula is C16H18N2O2. The molecule has 0 bridgehead atoms. The van der Waals surface area contributed by atoms with Gasteiger partial charge in [-0.3, -0.25) is 0 Å². The zero-order chi connectivity index (χ0) is 14.5. The highest BCUT2D eigenvalue weighted by atomic mass is 16.4. The molecule has 0 aliphatic carbocycles. The van der Waals surface area contributed by atoms with Gasteiger partial charge in [0.05, 0.1) is 11.3 Å². The average Bonchev–Trinajstić information content (AvgIpc) is 2.45. The van der Waals surface area contributed by atoms with Crippen LogP contribution >= 0.6 is 0 Å². The van der Waals surface area contributed by atoms with Crippen LogP contribution in [0.25, 0.3) is 6.08 Å². The van der Waals surface area contributed by atoms with Gasteiger partial charge in [0.15, 0.2) is 0 Å². The first-order valence-electron chi connectivity index (χ1n) is 6.83. The molecule has 0 aromatic heterocycles. The van der Waals surface area contributed by atoms with Crippen LogP contribution in [0.2, 0.25) is 0 Å². The van der Waals surface area contributed by atoms with Crippen LogP contribution in [0, 0.1) is 11.3 Å². The second kappa shape index (κ2) is 6.25. The largest absolute Gasteiger partial charge is 0.478 e. The van der Waals surface area contributed by atoms with E-state index in [-0.39, 0.29) is 0 Å². The number of rotatable bonds is 3. The molecule has 1 fully saturated rings. The van der Waals surface area contributed by atoms with Gasteiger partial charge in [0.25, 0.3) is 0 Å². The van der Waals surface area contributed by atoms with Crippen LogP contribution in [0.3, 0.4) is 0 Å². The zero-order valence-corrected chi connectivity index (χ0v) is 11.5. The molecule has 0 amide bonds. The molecule has 104 valence electrons. The number of hydrogen-bond acceptors (Lipinski definition) is 3. The predicted octanol–water partition coefficient (Wildman–Crippen LogP) is 3.03. The maximum atomic E-state index is 10.5. The lowest BCUT2D eigenvalue weighted by atomic mass is 10.00. The van der Waals surface area contributed by atoms with Crippen LogP contribution in [0.15, 0.2) is 24.3 Å². The molecule has 1 aromatic carbocycles. The Balaban J connectivity index is 2.31. The van der Waals surface area contributed by atoms with Crippen molar-refractivity contribution in [2.75, 3.05) is 11.4 Å². The Morgan fingerprint density at radius 1 is 1.50 bits per heavy atom. The maximum Gasteiger partial charge on any atom is 0.328 e. The number of nitrogens with zero attached hydrogens (tertiary/aromatic N) is 2. The van der Waals surface area contributed by atoms with Crippen molar-refractivity contribution >= 4 is 17.7 Å². The number of carbonyl (C=O) groups is 1. The Labute approximate surface area is 118 Å². The molecule has 1 aliphatic heterocycles. The highest BCUT2D eigenvalue weighted by Gasteiger charge is 2.20. The number of carboxylic acids is 1. The van der Waals surface area contributed by atoms with E-state index in [1.165, 1.54) is 12.5 Å². The summed E-state index contributed by atoms with van der Waals surface area (Å²) in [6.07, 6.45) is 6.12. The summed E-state index contributed by atoms with van der Waals surface area (Å²) < 4.78 is 0. The molecule has 1 aromatic rings. The van der Waals surface area contributed by atoms with Crippen molar-refractivity contribution in [2.24, 2.45) is 0 Å². The number of carboxylic acid groups (broad SMARTS) is 1. The Morgan fingerprint density at radius 3 is 2.95 bits per heavy atom. The Kier molecular flexibility index (Phi) is 4.41. The number of benzene rings is 1. The minimum atomic E-state index is -0.989. The minimum Gasteiger partial charge on any atom is -0.478 e. The van der Waals surface area contributed by atoms with Crippen LogP contribution in [0.1, 0.15) is 37.3 Å². The fraction of sp³-hybridized carbons (Fsp3) is 0.375. The molecule has 2 rings (SSSR count). The highest BCUT2D eigenvalue weighted by molar-refractivity contribution is 5.85. The van der Waals surface area contributed by atoms with Crippen LogP contribution in [0.5, 0.6) is 0 Å². The quantitative estimate of drug-likeness (QED) is 0.857. The van der Waals surface area contributed by atoms with Crippen LogP contribution in [0.4, 0.5) is 5.69 Å². The molecule has 0 saturated carbocycles. The van der Waals surface area contributed by atoms with E-state index in [1.807, 2.05) is 12.1 Å². The van der Waals surface area contributed by atoms with Gasteiger partial charge < -0.3 is 10.0 Å². The van der Waals surface area contributed by atoms with E-state index in [0.29, 0.717) is 11.6 Å². The van der Waals surface area contributed by atoms with E-state index in [1.54, 1.807) is 6.07 Å². The molecule has 1 heterocycles. The van der Waals surface area contributed by atoms with Crippen LogP contribution in [-0.2, 0) is 4.79 Å². The fourth-order valence-corrected chi connectivity index (χ4v) is 2.62. The number of piperidine rings is 1. The molecule has 1 N–H and O–H groups in total. The number of hydrogen-bond donors (Lipinski definition) is 1. The number of anilines is 1. The summed E-state index contributed by atoms with van der Waals surface area (Å²) in [5, 5.41) is 18.0. The van der Waals surface area contributed by atoms with Gasteiger partial charge in [-0.2, -0.15) is 5.26 Å². The van der Waals surface area contributed by atoms with Gasteiger partial charge in [-0.25, -0.2) is 4.79 Å². The first-order chi connectivity index (χ1) is 9.61. The summed E-state index contributed by atoms with van der Waals surface area (Å²) in [5.41, 5.74) is 2.29. The zero-order valence-electron chi connectivity index (χ0n) is 11.5. The number of nitriles is 1. The minimum absolute atomic E-state index is 0.441. The van der Waals surface area contributed by atoms with Gasteiger partial charge in [-0.15, -0.1) is 0 Å². The number of aliphatic carboxylic acids is 1. The second-order valence-electron chi connectivity index (χ2n) is 5.10. The summed E-state index contributed by atoms with van der Waals surface area (Å²) in [4.78, 5) is 12.8. The Morgan fingerprint density at radius 2 is 2.30 bits per heavy atom. The molecule has 1 aliphatic rings. The lowest BCUT2D eigenvalue weighted by Crippen LogP contribution is -2.37. The normalized spacial score (nSPS) is 19.0. The van der Waals surface area contributed by atoms with Gasteiger partial charge >= 0.3 is 5.97 Å². The van der Waals surface area contributed by atoms with Crippen molar-refractivity contribution in [3.63, 3.8) is 0 Å². The van der Waals surface area contributed by atoms with Crippen LogP contribution in [-0.4, -0.2) is 23.7 Å². The lowest BCUT2D eigenvalue weighted by Gasteiger charge is -2.36. The van der Waals surface area contributed by atoms with E-state index in [4.69, 9.17) is 5.11 Å². The summed E-state index contributed by atoms with van der Waals surface area (Å²) in [7, 11) is 0. The summed E-state index contributed by atoms with van der Waals surface area (Å²) in [6.45, 7) is 3.15. The summed E-state index contributed by atoms with van der Waals surface area (Å²) >= 11 is 0. The highest BCUT2D eigenvalue weighted by Crippen LogP contribution is 2.28. The molecule has 4 nitrogen and oxygen atoms in total. The lowest BCUT2D eigenvalue weighted by molar-refractivity contribution is -0.131. The predicted molar refractivity (Wildman–Crippen MR) is 78.5 cm³/mol. The summed E-state index contributed by atoms with van der Waals surface area (Å²) in [5.74, 6) is -0.989. The van der Waals surface area contributed by atoms with Crippen molar-refractivity contribution < 1.29 is 9.90 Å². The smallest absolute Gasteiger partial charge is 0.328 e. The molecule has 0 spiro atoms.